The van der Waals surface area contributed by atoms with Crippen LogP contribution in [0.5, 0.6) is 0 Å². The molecule has 3 N–H and O–H groups in total. The number of rotatable bonds is 4. The summed E-state index contributed by atoms with van der Waals surface area (Å²) in [6.07, 6.45) is 1.26. The van der Waals surface area contributed by atoms with E-state index in [1.807, 2.05) is 0 Å². The summed E-state index contributed by atoms with van der Waals surface area (Å²) in [4.78, 5) is 16.9. The molecule has 1 saturated heterocycles. The van der Waals surface area contributed by atoms with E-state index in [1.165, 1.54) is 12.3 Å². The maximum atomic E-state index is 12.2. The summed E-state index contributed by atoms with van der Waals surface area (Å²) >= 11 is 1.57. The summed E-state index contributed by atoms with van der Waals surface area (Å²) in [5, 5.41) is 8.43. The number of thioether (sulfide) groups is 1. The van der Waals surface area contributed by atoms with E-state index in [4.69, 9.17) is 10.8 Å². The first-order valence-corrected chi connectivity index (χ1v) is 9.28. The van der Waals surface area contributed by atoms with Gasteiger partial charge in [-0.15, -0.1) is 0 Å². The molecule has 1 aliphatic heterocycles. The molecule has 1 aromatic rings. The van der Waals surface area contributed by atoms with Crippen LogP contribution >= 0.6 is 11.8 Å². The van der Waals surface area contributed by atoms with E-state index in [-0.39, 0.29) is 17.0 Å². The fourth-order valence-electron chi connectivity index (χ4n) is 2.13. The normalized spacial score (nSPS) is 19.5. The number of aromatic nitrogens is 1. The largest absolute Gasteiger partial charge is 0.478 e. The first kappa shape index (κ1) is 15.9. The number of hydrogen-bond acceptors (Lipinski definition) is 7. The van der Waals surface area contributed by atoms with Gasteiger partial charge in [0.1, 0.15) is 11.2 Å². The van der Waals surface area contributed by atoms with E-state index in [2.05, 4.69) is 4.98 Å². The molecule has 9 heteroatoms. The third-order valence-electron chi connectivity index (χ3n) is 3.35. The Bertz CT molecular complexity index is 648. The molecular formula is C12H17N3O4S2. The molecule has 0 saturated carbocycles. The number of carboxylic acid groups (broad SMARTS) is 1. The molecule has 21 heavy (non-hydrogen) atoms. The van der Waals surface area contributed by atoms with Crippen molar-refractivity contribution in [3.63, 3.8) is 0 Å². The number of anilines is 2. The van der Waals surface area contributed by atoms with Crippen molar-refractivity contribution >= 4 is 39.1 Å². The Morgan fingerprint density at radius 1 is 1.62 bits per heavy atom. The minimum atomic E-state index is -3.28. The quantitative estimate of drug-likeness (QED) is 0.828. The lowest BCUT2D eigenvalue weighted by atomic mass is 10.2. The van der Waals surface area contributed by atoms with E-state index in [1.54, 1.807) is 23.6 Å². The van der Waals surface area contributed by atoms with Crippen molar-refractivity contribution in [2.45, 2.75) is 12.3 Å². The van der Waals surface area contributed by atoms with Crippen molar-refractivity contribution in [2.75, 3.05) is 34.4 Å². The average Bonchev–Trinajstić information content (AvgIpc) is 2.47. The van der Waals surface area contributed by atoms with Crippen LogP contribution in [0.1, 0.15) is 17.3 Å². The number of nitrogens with two attached hydrogens (primary N) is 1. The molecule has 7 nitrogen and oxygen atoms in total. The highest BCUT2D eigenvalue weighted by molar-refractivity contribution is 8.01. The molecule has 2 heterocycles. The molecule has 2 rings (SSSR count). The monoisotopic (exact) mass is 331 g/mol. The van der Waals surface area contributed by atoms with Gasteiger partial charge in [0, 0.05) is 23.8 Å². The van der Waals surface area contributed by atoms with E-state index in [0.717, 1.165) is 5.75 Å². The van der Waals surface area contributed by atoms with Crippen LogP contribution < -0.4 is 10.6 Å². The topological polar surface area (TPSA) is 114 Å². The Morgan fingerprint density at radius 3 is 2.95 bits per heavy atom. The van der Waals surface area contributed by atoms with Crippen molar-refractivity contribution in [3.05, 3.63) is 17.8 Å². The van der Waals surface area contributed by atoms with Crippen molar-refractivity contribution in [2.24, 2.45) is 0 Å². The first-order chi connectivity index (χ1) is 9.86. The van der Waals surface area contributed by atoms with Crippen LogP contribution in [0.3, 0.4) is 0 Å². The van der Waals surface area contributed by atoms with Gasteiger partial charge in [0.05, 0.1) is 17.4 Å². The van der Waals surface area contributed by atoms with E-state index in [9.17, 15) is 13.2 Å². The van der Waals surface area contributed by atoms with Crippen molar-refractivity contribution in [3.8, 4) is 0 Å². The summed E-state index contributed by atoms with van der Waals surface area (Å²) in [7, 11) is -3.28. The standard InChI is InChI=1S/C12H17N3O4S2/c1-2-21(18,19)11-7-20-4-3-15(11)10-5-8(12(16)17)9(13)6-14-10/h5-6,11H,2-4,7,13H2,1H3,(H,16,17). The number of pyridine rings is 1. The highest BCUT2D eigenvalue weighted by Gasteiger charge is 2.34. The minimum absolute atomic E-state index is 0.0372. The Balaban J connectivity index is 2.43. The molecule has 1 aromatic heterocycles. The van der Waals surface area contributed by atoms with Crippen LogP contribution in [0.15, 0.2) is 12.3 Å². The van der Waals surface area contributed by atoms with Crippen LogP contribution in [0.4, 0.5) is 11.5 Å². The zero-order valence-corrected chi connectivity index (χ0v) is 13.2. The second-order valence-corrected chi connectivity index (χ2v) is 8.21. The molecule has 0 aliphatic carbocycles. The molecule has 0 amide bonds. The second kappa shape index (κ2) is 6.10. The fourth-order valence-corrected chi connectivity index (χ4v) is 5.11. The van der Waals surface area contributed by atoms with Gasteiger partial charge >= 0.3 is 5.97 Å². The molecule has 1 unspecified atom stereocenters. The lowest BCUT2D eigenvalue weighted by molar-refractivity contribution is 0.0698. The molecular weight excluding hydrogens is 314 g/mol. The second-order valence-electron chi connectivity index (χ2n) is 4.61. The molecule has 116 valence electrons. The van der Waals surface area contributed by atoms with Gasteiger partial charge in [-0.25, -0.2) is 18.2 Å². The number of aromatic carboxylic acids is 1. The van der Waals surface area contributed by atoms with Gasteiger partial charge in [-0.2, -0.15) is 11.8 Å². The van der Waals surface area contributed by atoms with Gasteiger partial charge in [0.2, 0.25) is 0 Å². The number of carboxylic acids is 1. The summed E-state index contributed by atoms with van der Waals surface area (Å²) in [6, 6.07) is 1.34. The maximum Gasteiger partial charge on any atom is 0.337 e. The van der Waals surface area contributed by atoms with Crippen LogP contribution in [0.25, 0.3) is 0 Å². The Labute approximate surface area is 127 Å². The van der Waals surface area contributed by atoms with Crippen molar-refractivity contribution in [1.29, 1.82) is 0 Å². The molecule has 0 bridgehead atoms. The van der Waals surface area contributed by atoms with Gasteiger partial charge in [0.25, 0.3) is 0 Å². The lowest BCUT2D eigenvalue weighted by Crippen LogP contribution is -2.48. The highest BCUT2D eigenvalue weighted by atomic mass is 32.2. The highest BCUT2D eigenvalue weighted by Crippen LogP contribution is 2.27. The van der Waals surface area contributed by atoms with E-state index >= 15 is 0 Å². The predicted molar refractivity (Wildman–Crippen MR) is 83.5 cm³/mol. The number of carbonyl (C=O) groups is 1. The lowest BCUT2D eigenvalue weighted by Gasteiger charge is -2.35. The van der Waals surface area contributed by atoms with Crippen LogP contribution in [0.2, 0.25) is 0 Å². The molecule has 0 aromatic carbocycles. The summed E-state index contributed by atoms with van der Waals surface area (Å²) < 4.78 is 24.4. The van der Waals surface area contributed by atoms with Gasteiger partial charge in [-0.1, -0.05) is 6.92 Å². The predicted octanol–water partition coefficient (Wildman–Crippen LogP) is 0.676. The summed E-state index contributed by atoms with van der Waals surface area (Å²) in [6.45, 7) is 2.11. The van der Waals surface area contributed by atoms with Crippen LogP contribution in [-0.4, -0.2) is 53.7 Å². The van der Waals surface area contributed by atoms with Gasteiger partial charge in [-0.3, -0.25) is 0 Å². The number of nitrogen functional groups attached to an aromatic ring is 1. The van der Waals surface area contributed by atoms with Gasteiger partial charge in [0.15, 0.2) is 9.84 Å². The van der Waals surface area contributed by atoms with Gasteiger partial charge < -0.3 is 15.7 Å². The first-order valence-electron chi connectivity index (χ1n) is 6.41. The summed E-state index contributed by atoms with van der Waals surface area (Å²) in [5.74, 6) is 0.436. The number of sulfone groups is 1. The van der Waals surface area contributed by atoms with Crippen LogP contribution in [-0.2, 0) is 9.84 Å². The van der Waals surface area contributed by atoms with Crippen molar-refractivity contribution < 1.29 is 18.3 Å². The zero-order valence-electron chi connectivity index (χ0n) is 11.5. The summed E-state index contributed by atoms with van der Waals surface area (Å²) in [5.41, 5.74) is 5.58. The fraction of sp³-hybridized carbons (Fsp3) is 0.500. The smallest absolute Gasteiger partial charge is 0.337 e. The Kier molecular flexibility index (Phi) is 4.62. The van der Waals surface area contributed by atoms with Crippen molar-refractivity contribution in [1.82, 2.24) is 4.98 Å². The molecule has 0 radical (unpaired) electrons. The zero-order chi connectivity index (χ0) is 15.6. The average molecular weight is 331 g/mol. The minimum Gasteiger partial charge on any atom is -0.478 e. The van der Waals surface area contributed by atoms with Gasteiger partial charge in [-0.05, 0) is 6.07 Å². The third kappa shape index (κ3) is 3.24. The van der Waals surface area contributed by atoms with E-state index in [0.29, 0.717) is 18.1 Å². The molecule has 1 atom stereocenters. The Morgan fingerprint density at radius 2 is 2.33 bits per heavy atom. The number of hydrogen-bond donors (Lipinski definition) is 2. The third-order valence-corrected chi connectivity index (χ3v) is 6.64. The molecule has 0 spiro atoms. The van der Waals surface area contributed by atoms with E-state index < -0.39 is 21.2 Å². The maximum absolute atomic E-state index is 12.2. The molecule has 1 fully saturated rings. The van der Waals surface area contributed by atoms with Crippen LogP contribution in [0, 0.1) is 0 Å². The molecule has 1 aliphatic rings. The number of nitrogens with zero attached hydrogens (tertiary/aromatic N) is 2. The Hall–Kier alpha value is -1.48. The SMILES string of the molecule is CCS(=O)(=O)C1CSCCN1c1cc(C(=O)O)c(N)cn1.